The molecule has 0 N–H and O–H groups in total. The Labute approximate surface area is 159 Å². The molecule has 0 aliphatic carbocycles. The van der Waals surface area contributed by atoms with Crippen molar-refractivity contribution in [3.8, 4) is 0 Å². The fourth-order valence-corrected chi connectivity index (χ4v) is 4.31. The van der Waals surface area contributed by atoms with Gasteiger partial charge in [-0.2, -0.15) is 0 Å². The Bertz CT molecular complexity index is 820. The van der Waals surface area contributed by atoms with Gasteiger partial charge < -0.3 is 9.80 Å². The molecular formula is C16H20N4O4S2. The number of hydrogen-bond acceptors (Lipinski definition) is 7. The molecule has 2 amide bonds. The van der Waals surface area contributed by atoms with Crippen LogP contribution in [0.15, 0.2) is 22.5 Å². The number of nitro groups is 1. The van der Waals surface area contributed by atoms with Gasteiger partial charge in [-0.1, -0.05) is 11.8 Å². The molecule has 1 aromatic heterocycles. The van der Waals surface area contributed by atoms with E-state index < -0.39 is 4.92 Å². The fraction of sp³-hybridized carbons (Fsp3) is 0.438. The van der Waals surface area contributed by atoms with Crippen LogP contribution >= 0.6 is 23.1 Å². The highest BCUT2D eigenvalue weighted by Gasteiger charge is 2.17. The summed E-state index contributed by atoms with van der Waals surface area (Å²) in [7, 11) is 1.60. The van der Waals surface area contributed by atoms with Crippen LogP contribution in [-0.4, -0.2) is 64.0 Å². The third kappa shape index (κ3) is 4.92. The summed E-state index contributed by atoms with van der Waals surface area (Å²) in [6.07, 6.45) is 0. The number of nitro benzene ring substituents is 1. The summed E-state index contributed by atoms with van der Waals surface area (Å²) < 4.78 is 1.37. The topological polar surface area (TPSA) is 96.7 Å². The number of rotatable bonds is 8. The van der Waals surface area contributed by atoms with Crippen molar-refractivity contribution in [2.24, 2.45) is 0 Å². The average Bonchev–Trinajstić information content (AvgIpc) is 3.02. The standard InChI is InChI=1S/C16H20N4O4S2/c1-4-19(5-2)14(21)9-18(3)15(22)10-25-16-17-12-7-6-11(20(23)24)8-13(12)26-16/h6-8H,4-5,9-10H2,1-3H3. The maximum absolute atomic E-state index is 12.2. The van der Waals surface area contributed by atoms with Crippen LogP contribution in [0.1, 0.15) is 13.8 Å². The number of benzene rings is 1. The fourth-order valence-electron chi connectivity index (χ4n) is 2.27. The molecule has 0 saturated heterocycles. The molecule has 0 radical (unpaired) electrons. The second kappa shape index (κ2) is 8.95. The lowest BCUT2D eigenvalue weighted by Crippen LogP contribution is -2.41. The maximum Gasteiger partial charge on any atom is 0.270 e. The normalized spacial score (nSPS) is 10.7. The van der Waals surface area contributed by atoms with E-state index in [0.717, 1.165) is 0 Å². The molecule has 2 aromatic rings. The van der Waals surface area contributed by atoms with Crippen molar-refractivity contribution in [2.45, 2.75) is 18.2 Å². The van der Waals surface area contributed by atoms with Gasteiger partial charge in [0.1, 0.15) is 0 Å². The van der Waals surface area contributed by atoms with Crippen molar-refractivity contribution < 1.29 is 14.5 Å². The maximum atomic E-state index is 12.2. The first-order valence-electron chi connectivity index (χ1n) is 8.05. The zero-order valence-electron chi connectivity index (χ0n) is 14.8. The summed E-state index contributed by atoms with van der Waals surface area (Å²) in [5.74, 6) is -0.0897. The number of aromatic nitrogens is 1. The Morgan fingerprint density at radius 2 is 1.96 bits per heavy atom. The molecule has 0 spiro atoms. The van der Waals surface area contributed by atoms with Gasteiger partial charge in [-0.15, -0.1) is 11.3 Å². The molecule has 0 atom stereocenters. The number of hydrogen-bond donors (Lipinski definition) is 0. The molecule has 0 fully saturated rings. The largest absolute Gasteiger partial charge is 0.342 e. The third-order valence-electron chi connectivity index (χ3n) is 3.80. The highest BCUT2D eigenvalue weighted by atomic mass is 32.2. The van der Waals surface area contributed by atoms with E-state index in [-0.39, 0.29) is 29.8 Å². The molecule has 1 aromatic carbocycles. The molecule has 10 heteroatoms. The lowest BCUT2D eigenvalue weighted by atomic mass is 10.3. The van der Waals surface area contributed by atoms with Crippen molar-refractivity contribution in [3.63, 3.8) is 0 Å². The second-order valence-electron chi connectivity index (χ2n) is 5.49. The van der Waals surface area contributed by atoms with Crippen molar-refractivity contribution in [3.05, 3.63) is 28.3 Å². The molecule has 0 unspecified atom stereocenters. The second-order valence-corrected chi connectivity index (χ2v) is 7.75. The van der Waals surface area contributed by atoms with Crippen molar-refractivity contribution in [2.75, 3.05) is 32.4 Å². The van der Waals surface area contributed by atoms with Crippen LogP contribution in [0.5, 0.6) is 0 Å². The molecule has 2 rings (SSSR count). The number of likely N-dealkylation sites (N-methyl/N-ethyl adjacent to an activating group) is 2. The van der Waals surface area contributed by atoms with Gasteiger partial charge in [-0.25, -0.2) is 4.98 Å². The highest BCUT2D eigenvalue weighted by Crippen LogP contribution is 2.31. The Hall–Kier alpha value is -2.20. The minimum absolute atomic E-state index is 0.0171. The molecule has 0 bridgehead atoms. The predicted octanol–water partition coefficient (Wildman–Crippen LogP) is 2.62. The van der Waals surface area contributed by atoms with Gasteiger partial charge >= 0.3 is 0 Å². The molecule has 8 nitrogen and oxygen atoms in total. The summed E-state index contributed by atoms with van der Waals surface area (Å²) in [6.45, 7) is 5.08. The van der Waals surface area contributed by atoms with Crippen LogP contribution in [0.2, 0.25) is 0 Å². The molecule has 140 valence electrons. The summed E-state index contributed by atoms with van der Waals surface area (Å²) in [5, 5.41) is 10.8. The first kappa shape index (κ1) is 20.1. The van der Waals surface area contributed by atoms with Crippen LogP contribution in [0.4, 0.5) is 5.69 Å². The lowest BCUT2D eigenvalue weighted by molar-refractivity contribution is -0.384. The molecule has 0 aliphatic rings. The third-order valence-corrected chi connectivity index (χ3v) is 5.94. The monoisotopic (exact) mass is 396 g/mol. The minimum atomic E-state index is -0.447. The van der Waals surface area contributed by atoms with Crippen LogP contribution in [0.25, 0.3) is 10.2 Å². The van der Waals surface area contributed by atoms with E-state index in [0.29, 0.717) is 27.6 Å². The molecular weight excluding hydrogens is 376 g/mol. The summed E-state index contributed by atoms with van der Waals surface area (Å²) in [5.41, 5.74) is 0.684. The SMILES string of the molecule is CCN(CC)C(=O)CN(C)C(=O)CSc1nc2ccc([N+](=O)[O-])cc2s1. The number of carbonyl (C=O) groups excluding carboxylic acids is 2. The molecule has 1 heterocycles. The number of fused-ring (bicyclic) bond motifs is 1. The number of thioether (sulfide) groups is 1. The van der Waals surface area contributed by atoms with Crippen molar-refractivity contribution in [1.29, 1.82) is 0 Å². The van der Waals surface area contributed by atoms with Crippen LogP contribution in [-0.2, 0) is 9.59 Å². The van der Waals surface area contributed by atoms with Crippen LogP contribution < -0.4 is 0 Å². The van der Waals surface area contributed by atoms with Gasteiger partial charge in [-0.05, 0) is 19.9 Å². The Morgan fingerprint density at radius 1 is 1.27 bits per heavy atom. The van der Waals surface area contributed by atoms with Crippen LogP contribution in [0, 0.1) is 10.1 Å². The zero-order valence-corrected chi connectivity index (χ0v) is 16.4. The van der Waals surface area contributed by atoms with E-state index in [1.54, 1.807) is 18.0 Å². The zero-order chi connectivity index (χ0) is 19.3. The number of non-ortho nitro benzene ring substituents is 1. The van der Waals surface area contributed by atoms with Crippen LogP contribution in [0.3, 0.4) is 0 Å². The van der Waals surface area contributed by atoms with Crippen molar-refractivity contribution in [1.82, 2.24) is 14.8 Å². The smallest absolute Gasteiger partial charge is 0.270 e. The first-order chi connectivity index (χ1) is 12.3. The number of carbonyl (C=O) groups is 2. The van der Waals surface area contributed by atoms with E-state index in [1.807, 2.05) is 13.8 Å². The highest BCUT2D eigenvalue weighted by molar-refractivity contribution is 8.01. The van der Waals surface area contributed by atoms with Gasteiger partial charge in [-0.3, -0.25) is 19.7 Å². The van der Waals surface area contributed by atoms with E-state index in [4.69, 9.17) is 0 Å². The molecule has 26 heavy (non-hydrogen) atoms. The number of nitrogens with zero attached hydrogens (tertiary/aromatic N) is 4. The predicted molar refractivity (Wildman–Crippen MR) is 103 cm³/mol. The van der Waals surface area contributed by atoms with E-state index in [1.165, 1.54) is 40.1 Å². The Balaban J connectivity index is 1.95. The molecule has 0 saturated carbocycles. The Kier molecular flexibility index (Phi) is 6.92. The van der Waals surface area contributed by atoms with E-state index in [9.17, 15) is 19.7 Å². The van der Waals surface area contributed by atoms with E-state index >= 15 is 0 Å². The van der Waals surface area contributed by atoms with Gasteiger partial charge in [0.15, 0.2) is 4.34 Å². The van der Waals surface area contributed by atoms with Crippen molar-refractivity contribution >= 4 is 50.8 Å². The summed E-state index contributed by atoms with van der Waals surface area (Å²) in [6, 6.07) is 4.49. The number of thiazole rings is 1. The quantitative estimate of drug-likeness (QED) is 0.387. The summed E-state index contributed by atoms with van der Waals surface area (Å²) >= 11 is 2.58. The Morgan fingerprint density at radius 3 is 2.58 bits per heavy atom. The van der Waals surface area contributed by atoms with E-state index in [2.05, 4.69) is 4.98 Å². The lowest BCUT2D eigenvalue weighted by Gasteiger charge is -2.23. The number of amides is 2. The van der Waals surface area contributed by atoms with Gasteiger partial charge in [0.25, 0.3) is 5.69 Å². The average molecular weight is 396 g/mol. The first-order valence-corrected chi connectivity index (χ1v) is 9.85. The van der Waals surface area contributed by atoms with Gasteiger partial charge in [0.05, 0.1) is 27.4 Å². The molecule has 0 aliphatic heterocycles. The van der Waals surface area contributed by atoms with Gasteiger partial charge in [0, 0.05) is 32.3 Å². The minimum Gasteiger partial charge on any atom is -0.342 e. The van der Waals surface area contributed by atoms with Gasteiger partial charge in [0.2, 0.25) is 11.8 Å². The summed E-state index contributed by atoms with van der Waals surface area (Å²) in [4.78, 5) is 42.1.